The van der Waals surface area contributed by atoms with E-state index < -0.39 is 5.60 Å². The first-order valence-corrected chi connectivity index (χ1v) is 6.63. The van der Waals surface area contributed by atoms with Crippen LogP contribution in [0.4, 0.5) is 0 Å². The SMILES string of the molecule is CC(C)(C)OC(=O)CCC(=O)NN1CCCCC1. The van der Waals surface area contributed by atoms with Crippen molar-refractivity contribution in [3.05, 3.63) is 0 Å². The topological polar surface area (TPSA) is 58.6 Å². The highest BCUT2D eigenvalue weighted by molar-refractivity contribution is 5.81. The summed E-state index contributed by atoms with van der Waals surface area (Å²) in [6.07, 6.45) is 3.78. The van der Waals surface area contributed by atoms with E-state index in [1.165, 1.54) is 6.42 Å². The molecule has 5 heteroatoms. The lowest BCUT2D eigenvalue weighted by Gasteiger charge is -2.26. The van der Waals surface area contributed by atoms with Crippen molar-refractivity contribution < 1.29 is 14.3 Å². The summed E-state index contributed by atoms with van der Waals surface area (Å²) >= 11 is 0. The number of hydrogen-bond acceptors (Lipinski definition) is 4. The van der Waals surface area contributed by atoms with E-state index in [1.807, 2.05) is 25.8 Å². The van der Waals surface area contributed by atoms with Crippen LogP contribution in [0.5, 0.6) is 0 Å². The Hall–Kier alpha value is -1.10. The smallest absolute Gasteiger partial charge is 0.306 e. The number of carbonyl (C=O) groups is 2. The molecule has 1 fully saturated rings. The Morgan fingerprint density at radius 1 is 1.11 bits per heavy atom. The maximum atomic E-state index is 11.6. The molecule has 0 radical (unpaired) electrons. The zero-order valence-corrected chi connectivity index (χ0v) is 11.6. The summed E-state index contributed by atoms with van der Waals surface area (Å²) in [6, 6.07) is 0. The van der Waals surface area contributed by atoms with E-state index in [4.69, 9.17) is 4.74 Å². The summed E-state index contributed by atoms with van der Waals surface area (Å²) in [5.74, 6) is -0.431. The highest BCUT2D eigenvalue weighted by Gasteiger charge is 2.18. The fraction of sp³-hybridized carbons (Fsp3) is 0.846. The zero-order valence-electron chi connectivity index (χ0n) is 11.6. The largest absolute Gasteiger partial charge is 0.460 e. The first-order chi connectivity index (χ1) is 8.37. The van der Waals surface area contributed by atoms with Crippen LogP contribution < -0.4 is 5.43 Å². The quantitative estimate of drug-likeness (QED) is 0.777. The molecule has 1 heterocycles. The molecule has 0 bridgehead atoms. The van der Waals surface area contributed by atoms with Crippen molar-refractivity contribution in [2.75, 3.05) is 13.1 Å². The summed E-state index contributed by atoms with van der Waals surface area (Å²) in [5.41, 5.74) is 2.34. The first kappa shape index (κ1) is 15.0. The molecule has 0 saturated carbocycles. The van der Waals surface area contributed by atoms with Gasteiger partial charge in [0, 0.05) is 19.5 Å². The monoisotopic (exact) mass is 256 g/mol. The van der Waals surface area contributed by atoms with Crippen molar-refractivity contribution >= 4 is 11.9 Å². The number of esters is 1. The van der Waals surface area contributed by atoms with Crippen LogP contribution in [0.3, 0.4) is 0 Å². The second-order valence-electron chi connectivity index (χ2n) is 5.67. The van der Waals surface area contributed by atoms with Crippen molar-refractivity contribution in [2.24, 2.45) is 0 Å². The Balaban J connectivity index is 2.18. The Morgan fingerprint density at radius 2 is 1.72 bits per heavy atom. The van der Waals surface area contributed by atoms with Gasteiger partial charge < -0.3 is 4.74 Å². The number of rotatable bonds is 4. The minimum atomic E-state index is -0.486. The standard InChI is InChI=1S/C13H24N2O3/c1-13(2,3)18-12(17)8-7-11(16)14-15-9-5-4-6-10-15/h4-10H2,1-3H3,(H,14,16). The van der Waals surface area contributed by atoms with Crippen LogP contribution in [0.1, 0.15) is 52.9 Å². The Morgan fingerprint density at radius 3 is 2.28 bits per heavy atom. The van der Waals surface area contributed by atoms with Gasteiger partial charge in [0.1, 0.15) is 5.60 Å². The first-order valence-electron chi connectivity index (χ1n) is 6.63. The number of ether oxygens (including phenoxy) is 1. The van der Waals surface area contributed by atoms with Crippen LogP contribution in [0, 0.1) is 0 Å². The summed E-state index contributed by atoms with van der Waals surface area (Å²) in [6.45, 7) is 7.26. The molecule has 1 rings (SSSR count). The van der Waals surface area contributed by atoms with Gasteiger partial charge >= 0.3 is 5.97 Å². The molecule has 0 atom stereocenters. The molecule has 0 aromatic rings. The third kappa shape index (κ3) is 6.59. The van der Waals surface area contributed by atoms with Crippen molar-refractivity contribution in [1.82, 2.24) is 10.4 Å². The molecule has 1 saturated heterocycles. The average molecular weight is 256 g/mol. The lowest BCUT2D eigenvalue weighted by atomic mass is 10.2. The van der Waals surface area contributed by atoms with Gasteiger partial charge in [-0.3, -0.25) is 15.0 Å². The number of amides is 1. The van der Waals surface area contributed by atoms with E-state index in [2.05, 4.69) is 5.43 Å². The molecule has 1 N–H and O–H groups in total. The van der Waals surface area contributed by atoms with Gasteiger partial charge in [0.25, 0.3) is 0 Å². The molecule has 1 aliphatic heterocycles. The molecule has 0 aromatic carbocycles. The minimum absolute atomic E-state index is 0.109. The molecule has 0 aliphatic carbocycles. The summed E-state index contributed by atoms with van der Waals surface area (Å²) in [7, 11) is 0. The fourth-order valence-corrected chi connectivity index (χ4v) is 1.85. The summed E-state index contributed by atoms with van der Waals surface area (Å²) < 4.78 is 5.15. The van der Waals surface area contributed by atoms with E-state index in [1.54, 1.807) is 0 Å². The molecule has 0 unspecified atom stereocenters. The van der Waals surface area contributed by atoms with Crippen molar-refractivity contribution in [1.29, 1.82) is 0 Å². The van der Waals surface area contributed by atoms with Gasteiger partial charge in [0.2, 0.25) is 5.91 Å². The van der Waals surface area contributed by atoms with Crippen LogP contribution in [0.15, 0.2) is 0 Å². The Kier molecular flexibility index (Phi) is 5.59. The third-order valence-electron chi connectivity index (χ3n) is 2.62. The van der Waals surface area contributed by atoms with Crippen LogP contribution >= 0.6 is 0 Å². The molecule has 104 valence electrons. The molecule has 0 spiro atoms. The van der Waals surface area contributed by atoms with Crippen LogP contribution in [-0.2, 0) is 14.3 Å². The minimum Gasteiger partial charge on any atom is -0.460 e. The second kappa shape index (κ2) is 6.73. The van der Waals surface area contributed by atoms with E-state index in [0.29, 0.717) is 0 Å². The summed E-state index contributed by atoms with van der Waals surface area (Å²) in [4.78, 5) is 23.1. The molecule has 5 nitrogen and oxygen atoms in total. The van der Waals surface area contributed by atoms with E-state index in [0.717, 1.165) is 25.9 Å². The number of nitrogens with one attached hydrogen (secondary N) is 1. The van der Waals surface area contributed by atoms with Gasteiger partial charge in [-0.25, -0.2) is 5.01 Å². The molecule has 0 aromatic heterocycles. The van der Waals surface area contributed by atoms with Crippen molar-refractivity contribution in [3.63, 3.8) is 0 Å². The summed E-state index contributed by atoms with van der Waals surface area (Å²) in [5, 5.41) is 1.93. The molecule has 1 amide bonds. The maximum Gasteiger partial charge on any atom is 0.306 e. The molecular weight excluding hydrogens is 232 g/mol. The highest BCUT2D eigenvalue weighted by Crippen LogP contribution is 2.09. The van der Waals surface area contributed by atoms with Gasteiger partial charge in [-0.15, -0.1) is 0 Å². The van der Waals surface area contributed by atoms with Crippen LogP contribution in [-0.4, -0.2) is 35.6 Å². The van der Waals surface area contributed by atoms with Gasteiger partial charge in [0.15, 0.2) is 0 Å². The number of nitrogens with zero attached hydrogens (tertiary/aromatic N) is 1. The normalized spacial score (nSPS) is 17.3. The third-order valence-corrected chi connectivity index (χ3v) is 2.62. The Labute approximate surface area is 109 Å². The number of piperidine rings is 1. The predicted octanol–water partition coefficient (Wildman–Crippen LogP) is 1.63. The number of hydrogen-bond donors (Lipinski definition) is 1. The van der Waals surface area contributed by atoms with E-state index in [9.17, 15) is 9.59 Å². The predicted molar refractivity (Wildman–Crippen MR) is 68.6 cm³/mol. The lowest BCUT2D eigenvalue weighted by molar-refractivity contribution is -0.156. The van der Waals surface area contributed by atoms with Crippen LogP contribution in [0.25, 0.3) is 0 Å². The Bertz CT molecular complexity index is 291. The molecular formula is C13H24N2O3. The van der Waals surface area contributed by atoms with Gasteiger partial charge in [-0.1, -0.05) is 6.42 Å². The number of carbonyl (C=O) groups excluding carboxylic acids is 2. The van der Waals surface area contributed by atoms with Gasteiger partial charge in [-0.2, -0.15) is 0 Å². The van der Waals surface area contributed by atoms with Crippen molar-refractivity contribution in [3.8, 4) is 0 Å². The van der Waals surface area contributed by atoms with Crippen molar-refractivity contribution in [2.45, 2.75) is 58.5 Å². The van der Waals surface area contributed by atoms with Gasteiger partial charge in [-0.05, 0) is 33.6 Å². The number of hydrazine groups is 1. The second-order valence-corrected chi connectivity index (χ2v) is 5.67. The zero-order chi connectivity index (χ0) is 13.6. The highest BCUT2D eigenvalue weighted by atomic mass is 16.6. The maximum absolute atomic E-state index is 11.6. The van der Waals surface area contributed by atoms with Crippen LogP contribution in [0.2, 0.25) is 0 Å². The average Bonchev–Trinajstić information content (AvgIpc) is 2.25. The van der Waals surface area contributed by atoms with E-state index >= 15 is 0 Å². The fourth-order valence-electron chi connectivity index (χ4n) is 1.85. The molecule has 1 aliphatic rings. The lowest BCUT2D eigenvalue weighted by Crippen LogP contribution is -2.45. The van der Waals surface area contributed by atoms with Gasteiger partial charge in [0.05, 0.1) is 6.42 Å². The van der Waals surface area contributed by atoms with E-state index in [-0.39, 0.29) is 24.7 Å². The molecule has 18 heavy (non-hydrogen) atoms.